The number of sulfonamides is 1. The van der Waals surface area contributed by atoms with Crippen LogP contribution in [0.4, 0.5) is 8.78 Å². The van der Waals surface area contributed by atoms with E-state index < -0.39 is 21.7 Å². The first-order valence-corrected chi connectivity index (χ1v) is 7.49. The first-order chi connectivity index (χ1) is 8.82. The van der Waals surface area contributed by atoms with Gasteiger partial charge in [-0.15, -0.1) is 0 Å². The summed E-state index contributed by atoms with van der Waals surface area (Å²) in [6.45, 7) is 2.06. The SMILES string of the molecule is CC1CC(N)CCN1S(=O)(=O)c1ccc(F)c(F)c1. The van der Waals surface area contributed by atoms with Gasteiger partial charge >= 0.3 is 0 Å². The summed E-state index contributed by atoms with van der Waals surface area (Å²) in [5.41, 5.74) is 5.78. The van der Waals surface area contributed by atoms with E-state index in [0.717, 1.165) is 12.1 Å². The minimum Gasteiger partial charge on any atom is -0.328 e. The molecule has 1 aromatic rings. The number of piperidine rings is 1. The van der Waals surface area contributed by atoms with Crippen molar-refractivity contribution in [1.29, 1.82) is 0 Å². The van der Waals surface area contributed by atoms with Crippen molar-refractivity contribution in [2.45, 2.75) is 36.7 Å². The molecule has 1 aliphatic heterocycles. The highest BCUT2D eigenvalue weighted by Gasteiger charge is 2.33. The molecule has 2 N–H and O–H groups in total. The van der Waals surface area contributed by atoms with Crippen LogP contribution < -0.4 is 5.73 Å². The maximum Gasteiger partial charge on any atom is 0.243 e. The normalized spacial score (nSPS) is 25.5. The standard InChI is InChI=1S/C12H16F2N2O2S/c1-8-6-9(15)4-5-16(8)19(17,18)10-2-3-11(13)12(14)7-10/h2-3,7-9H,4-6,15H2,1H3. The summed E-state index contributed by atoms with van der Waals surface area (Å²) in [5, 5.41) is 0. The Balaban J connectivity index is 2.34. The van der Waals surface area contributed by atoms with Crippen molar-refractivity contribution in [3.8, 4) is 0 Å². The number of nitrogens with zero attached hydrogens (tertiary/aromatic N) is 1. The van der Waals surface area contributed by atoms with Crippen LogP contribution in [0, 0.1) is 11.6 Å². The third kappa shape index (κ3) is 2.77. The molecule has 2 atom stereocenters. The Bertz CT molecular complexity index is 577. The monoisotopic (exact) mass is 290 g/mol. The molecule has 0 spiro atoms. The van der Waals surface area contributed by atoms with Crippen LogP contribution in [0.2, 0.25) is 0 Å². The molecule has 0 bridgehead atoms. The topological polar surface area (TPSA) is 63.4 Å². The van der Waals surface area contributed by atoms with E-state index >= 15 is 0 Å². The van der Waals surface area contributed by atoms with Gasteiger partial charge in [-0.1, -0.05) is 0 Å². The fourth-order valence-electron chi connectivity index (χ4n) is 2.32. The highest BCUT2D eigenvalue weighted by atomic mass is 32.2. The predicted octanol–water partition coefficient (Wildman–Crippen LogP) is 1.47. The van der Waals surface area contributed by atoms with Gasteiger partial charge in [0.05, 0.1) is 4.90 Å². The molecule has 0 aliphatic carbocycles. The average Bonchev–Trinajstić information content (AvgIpc) is 2.32. The molecule has 0 saturated carbocycles. The Morgan fingerprint density at radius 2 is 2.00 bits per heavy atom. The van der Waals surface area contributed by atoms with Crippen molar-refractivity contribution in [1.82, 2.24) is 4.31 Å². The van der Waals surface area contributed by atoms with Gasteiger partial charge in [0.2, 0.25) is 10.0 Å². The summed E-state index contributed by atoms with van der Waals surface area (Å²) in [5.74, 6) is -2.23. The number of nitrogens with two attached hydrogens (primary N) is 1. The van der Waals surface area contributed by atoms with Crippen LogP contribution >= 0.6 is 0 Å². The molecule has 1 fully saturated rings. The summed E-state index contributed by atoms with van der Waals surface area (Å²) >= 11 is 0. The third-order valence-electron chi connectivity index (χ3n) is 3.35. The second-order valence-electron chi connectivity index (χ2n) is 4.83. The summed E-state index contributed by atoms with van der Waals surface area (Å²) in [6, 6.07) is 2.34. The van der Waals surface area contributed by atoms with E-state index in [-0.39, 0.29) is 17.0 Å². The zero-order valence-electron chi connectivity index (χ0n) is 10.5. The molecule has 0 radical (unpaired) electrons. The molecule has 1 aliphatic rings. The highest BCUT2D eigenvalue weighted by molar-refractivity contribution is 7.89. The first-order valence-electron chi connectivity index (χ1n) is 6.05. The van der Waals surface area contributed by atoms with Gasteiger partial charge in [-0.05, 0) is 38.0 Å². The first kappa shape index (κ1) is 14.4. The minimum absolute atomic E-state index is 0.0218. The number of halogens is 2. The molecule has 1 saturated heterocycles. The van der Waals surface area contributed by atoms with Crippen LogP contribution in [-0.2, 0) is 10.0 Å². The number of hydrogen-bond acceptors (Lipinski definition) is 3. The lowest BCUT2D eigenvalue weighted by molar-refractivity contribution is 0.247. The molecule has 4 nitrogen and oxygen atoms in total. The van der Waals surface area contributed by atoms with E-state index in [1.165, 1.54) is 4.31 Å². The van der Waals surface area contributed by atoms with Crippen LogP contribution in [0.1, 0.15) is 19.8 Å². The highest BCUT2D eigenvalue weighted by Crippen LogP contribution is 2.25. The Morgan fingerprint density at radius 3 is 2.58 bits per heavy atom. The van der Waals surface area contributed by atoms with Gasteiger partial charge in [0.15, 0.2) is 11.6 Å². The quantitative estimate of drug-likeness (QED) is 0.897. The molecule has 1 aromatic carbocycles. The van der Waals surface area contributed by atoms with Crippen LogP contribution in [0.15, 0.2) is 23.1 Å². The molecular formula is C12H16F2N2O2S. The van der Waals surface area contributed by atoms with Gasteiger partial charge < -0.3 is 5.73 Å². The van der Waals surface area contributed by atoms with Crippen molar-refractivity contribution in [2.24, 2.45) is 5.73 Å². The number of benzene rings is 1. The lowest BCUT2D eigenvalue weighted by Crippen LogP contribution is -2.48. The summed E-state index contributed by atoms with van der Waals surface area (Å²) in [6.07, 6.45) is 1.12. The Hall–Kier alpha value is -1.05. The van der Waals surface area contributed by atoms with E-state index in [4.69, 9.17) is 5.73 Å². The zero-order valence-corrected chi connectivity index (χ0v) is 11.3. The molecular weight excluding hydrogens is 274 g/mol. The molecule has 2 unspecified atom stereocenters. The summed E-state index contributed by atoms with van der Waals surface area (Å²) in [7, 11) is -3.80. The second-order valence-corrected chi connectivity index (χ2v) is 6.72. The Morgan fingerprint density at radius 1 is 1.32 bits per heavy atom. The van der Waals surface area contributed by atoms with E-state index in [1.54, 1.807) is 6.92 Å². The van der Waals surface area contributed by atoms with Gasteiger partial charge in [0.25, 0.3) is 0 Å². The Kier molecular flexibility index (Phi) is 3.89. The van der Waals surface area contributed by atoms with Gasteiger partial charge in [-0.25, -0.2) is 17.2 Å². The fourth-order valence-corrected chi connectivity index (χ4v) is 3.99. The summed E-state index contributed by atoms with van der Waals surface area (Å²) in [4.78, 5) is -0.228. The predicted molar refractivity (Wildman–Crippen MR) is 66.9 cm³/mol. The van der Waals surface area contributed by atoms with Crippen LogP contribution in [0.5, 0.6) is 0 Å². The van der Waals surface area contributed by atoms with Crippen molar-refractivity contribution >= 4 is 10.0 Å². The molecule has 7 heteroatoms. The van der Waals surface area contributed by atoms with Gasteiger partial charge in [-0.2, -0.15) is 4.31 Å². The lowest BCUT2D eigenvalue weighted by Gasteiger charge is -2.35. The van der Waals surface area contributed by atoms with Crippen molar-refractivity contribution in [2.75, 3.05) is 6.54 Å². The Labute approximate surface area is 111 Å². The minimum atomic E-state index is -3.80. The maximum absolute atomic E-state index is 13.2. The molecule has 1 heterocycles. The maximum atomic E-state index is 13.2. The number of hydrogen-bond donors (Lipinski definition) is 1. The molecule has 0 amide bonds. The molecule has 19 heavy (non-hydrogen) atoms. The van der Waals surface area contributed by atoms with Gasteiger partial charge in [0, 0.05) is 18.6 Å². The van der Waals surface area contributed by atoms with E-state index in [2.05, 4.69) is 0 Å². The smallest absolute Gasteiger partial charge is 0.243 e. The van der Waals surface area contributed by atoms with Crippen LogP contribution in [0.3, 0.4) is 0 Å². The van der Waals surface area contributed by atoms with Gasteiger partial charge in [0.1, 0.15) is 0 Å². The van der Waals surface area contributed by atoms with Gasteiger partial charge in [-0.3, -0.25) is 0 Å². The second kappa shape index (κ2) is 5.15. The summed E-state index contributed by atoms with van der Waals surface area (Å²) < 4.78 is 52.0. The van der Waals surface area contributed by atoms with Crippen molar-refractivity contribution < 1.29 is 17.2 Å². The van der Waals surface area contributed by atoms with E-state index in [1.807, 2.05) is 0 Å². The fraction of sp³-hybridized carbons (Fsp3) is 0.500. The molecule has 106 valence electrons. The van der Waals surface area contributed by atoms with Crippen LogP contribution in [-0.4, -0.2) is 31.4 Å². The zero-order chi connectivity index (χ0) is 14.2. The average molecular weight is 290 g/mol. The molecule has 2 rings (SSSR count). The van der Waals surface area contributed by atoms with Crippen molar-refractivity contribution in [3.05, 3.63) is 29.8 Å². The van der Waals surface area contributed by atoms with E-state index in [9.17, 15) is 17.2 Å². The molecule has 0 aromatic heterocycles. The lowest BCUT2D eigenvalue weighted by atomic mass is 10.0. The largest absolute Gasteiger partial charge is 0.328 e. The van der Waals surface area contributed by atoms with E-state index in [0.29, 0.717) is 25.5 Å². The number of rotatable bonds is 2. The third-order valence-corrected chi connectivity index (χ3v) is 5.36. The van der Waals surface area contributed by atoms with Crippen LogP contribution in [0.25, 0.3) is 0 Å². The van der Waals surface area contributed by atoms with Crippen molar-refractivity contribution in [3.63, 3.8) is 0 Å².